The molecule has 0 radical (unpaired) electrons. The Labute approximate surface area is 281 Å². The van der Waals surface area contributed by atoms with Crippen molar-refractivity contribution in [3.63, 3.8) is 0 Å². The number of methoxy groups -OCH3 is 1. The Morgan fingerprint density at radius 3 is 2.49 bits per heavy atom. The second kappa shape index (κ2) is 19.1. The topological polar surface area (TPSA) is 103 Å². The first-order valence-electron chi connectivity index (χ1n) is 17.3. The molecule has 47 heavy (non-hydrogen) atoms. The first kappa shape index (κ1) is 37.6. The maximum absolute atomic E-state index is 13.7. The molecule has 2 atom stereocenters. The molecule has 3 rings (SSSR count). The van der Waals surface area contributed by atoms with Crippen LogP contribution in [0.4, 0.5) is 10.5 Å². The number of para-hydroxylation sites is 1. The minimum absolute atomic E-state index is 0.00272. The molecule has 2 aromatic carbocycles. The number of anilines is 1. The highest BCUT2D eigenvalue weighted by atomic mass is 16.7. The number of quaternary nitrogens is 1. The van der Waals surface area contributed by atoms with Crippen LogP contribution in [-0.2, 0) is 20.9 Å². The Morgan fingerprint density at radius 1 is 1.02 bits per heavy atom. The van der Waals surface area contributed by atoms with Gasteiger partial charge in [-0.2, -0.15) is 0 Å². The number of hydrogen-bond donors (Lipinski definition) is 2. The average Bonchev–Trinajstić information content (AvgIpc) is 3.04. The van der Waals surface area contributed by atoms with Gasteiger partial charge < -0.3 is 29.3 Å². The zero-order valence-electron chi connectivity index (χ0n) is 29.4. The normalized spacial score (nSPS) is 17.8. The van der Waals surface area contributed by atoms with Crippen molar-refractivity contribution in [1.29, 1.82) is 0 Å². The summed E-state index contributed by atoms with van der Waals surface area (Å²) in [5.74, 6) is 1.18. The number of piperidine rings is 1. The molecule has 2 N–H and O–H groups in total. The number of aryl methyl sites for hydroxylation is 2. The van der Waals surface area contributed by atoms with Gasteiger partial charge in [0.1, 0.15) is 13.2 Å². The van der Waals surface area contributed by atoms with Gasteiger partial charge >= 0.3 is 6.16 Å². The van der Waals surface area contributed by atoms with Crippen molar-refractivity contribution >= 4 is 23.7 Å². The lowest BCUT2D eigenvalue weighted by molar-refractivity contribution is -0.947. The summed E-state index contributed by atoms with van der Waals surface area (Å²) in [6.07, 6.45) is 10.6. The van der Waals surface area contributed by atoms with Crippen molar-refractivity contribution in [2.24, 2.45) is 5.92 Å². The van der Waals surface area contributed by atoms with E-state index in [1.165, 1.54) is 7.11 Å². The Kier molecular flexibility index (Phi) is 15.3. The molecular weight excluding hydrogens is 594 g/mol. The lowest BCUT2D eigenvalue weighted by Gasteiger charge is -2.46. The van der Waals surface area contributed by atoms with E-state index in [1.807, 2.05) is 32.0 Å². The van der Waals surface area contributed by atoms with Crippen molar-refractivity contribution in [2.75, 3.05) is 38.7 Å². The predicted octanol–water partition coefficient (Wildman–Crippen LogP) is 7.63. The van der Waals surface area contributed by atoms with E-state index in [1.54, 1.807) is 18.2 Å². The predicted molar refractivity (Wildman–Crippen MR) is 187 cm³/mol. The highest BCUT2D eigenvalue weighted by Crippen LogP contribution is 2.30. The van der Waals surface area contributed by atoms with Crippen LogP contribution in [0.3, 0.4) is 0 Å². The fraction of sp³-hybridized carbons (Fsp3) is 0.553. The fourth-order valence-corrected chi connectivity index (χ4v) is 6.43. The molecule has 0 saturated carbocycles. The molecule has 9 nitrogen and oxygen atoms in total. The zero-order valence-corrected chi connectivity index (χ0v) is 29.4. The van der Waals surface area contributed by atoms with Crippen LogP contribution in [0, 0.1) is 19.8 Å². The number of amides is 2. The Bertz CT molecular complexity index is 1330. The number of nitrogens with zero attached hydrogens (tertiary/aromatic N) is 1. The molecule has 2 aromatic rings. The van der Waals surface area contributed by atoms with E-state index >= 15 is 0 Å². The quantitative estimate of drug-likeness (QED) is 0.0600. The highest BCUT2D eigenvalue weighted by molar-refractivity contribution is 5.95. The van der Waals surface area contributed by atoms with E-state index in [0.29, 0.717) is 35.7 Å². The standard InChI is InChI=1S/C38H55N3O6/c1-7-22-41(23-13-12-18-32(41)37(43)40-36-29(4)16-14-17-30(36)5)24-25-46-38(44)47-33-21-20-31(26-34(33)45-6)27-39-35(42)19-11-9-8-10-15-28(2)3/h10,14-17,20-21,26,28,32H,7-9,11-13,18-19,22-25,27H2,1-6H3,(H-,39,40,42,43)/p+1/b15-10+/t32-,41?/m0/s1. The van der Waals surface area contributed by atoms with E-state index < -0.39 is 6.16 Å². The third-order valence-electron chi connectivity index (χ3n) is 8.91. The van der Waals surface area contributed by atoms with E-state index in [0.717, 1.165) is 80.4 Å². The highest BCUT2D eigenvalue weighted by Gasteiger charge is 2.43. The van der Waals surface area contributed by atoms with Crippen LogP contribution in [0.5, 0.6) is 11.5 Å². The van der Waals surface area contributed by atoms with Crippen LogP contribution in [0.25, 0.3) is 0 Å². The lowest BCUT2D eigenvalue weighted by atomic mass is 9.96. The summed E-state index contributed by atoms with van der Waals surface area (Å²) < 4.78 is 17.1. The van der Waals surface area contributed by atoms with Gasteiger partial charge in [0.05, 0.1) is 20.2 Å². The summed E-state index contributed by atoms with van der Waals surface area (Å²) in [6.45, 7) is 13.1. The van der Waals surface area contributed by atoms with Gasteiger partial charge in [-0.15, -0.1) is 0 Å². The number of rotatable bonds is 17. The maximum atomic E-state index is 13.7. The molecule has 0 spiro atoms. The number of carbonyl (C=O) groups is 3. The lowest BCUT2D eigenvalue weighted by Crippen LogP contribution is -2.63. The molecular formula is C38H56N3O6+. The van der Waals surface area contributed by atoms with Crippen molar-refractivity contribution in [2.45, 2.75) is 98.6 Å². The largest absolute Gasteiger partial charge is 0.514 e. The molecule has 1 aliphatic rings. The van der Waals surface area contributed by atoms with Gasteiger partial charge in [0.2, 0.25) is 5.91 Å². The van der Waals surface area contributed by atoms with Crippen molar-refractivity contribution in [1.82, 2.24) is 5.32 Å². The number of hydrogen-bond acceptors (Lipinski definition) is 6. The molecule has 9 heteroatoms. The van der Waals surface area contributed by atoms with E-state index in [-0.39, 0.29) is 30.2 Å². The summed E-state index contributed by atoms with van der Waals surface area (Å²) in [5.41, 5.74) is 3.79. The first-order valence-corrected chi connectivity index (χ1v) is 17.3. The number of likely N-dealkylation sites (tertiary alicyclic amines) is 1. The maximum Gasteiger partial charge on any atom is 0.514 e. The molecule has 0 bridgehead atoms. The van der Waals surface area contributed by atoms with E-state index in [9.17, 15) is 14.4 Å². The Balaban J connectivity index is 1.52. The molecule has 1 aliphatic heterocycles. The summed E-state index contributed by atoms with van der Waals surface area (Å²) >= 11 is 0. The van der Waals surface area contributed by atoms with Crippen LogP contribution in [0.2, 0.25) is 0 Å². The van der Waals surface area contributed by atoms with Crippen molar-refractivity contribution in [3.8, 4) is 11.5 Å². The molecule has 0 aromatic heterocycles. The van der Waals surface area contributed by atoms with E-state index in [2.05, 4.69) is 43.6 Å². The summed E-state index contributed by atoms with van der Waals surface area (Å²) in [5, 5.41) is 6.17. The smallest absolute Gasteiger partial charge is 0.493 e. The SMILES string of the molecule is CCC[N+]1(CCOC(=O)Oc2ccc(CNC(=O)CCCC/C=C/C(C)C)cc2OC)CCCC[C@H]1C(=O)Nc1c(C)cccc1C. The van der Waals surface area contributed by atoms with Gasteiger partial charge in [-0.05, 0) is 87.1 Å². The molecule has 1 fully saturated rings. The molecule has 258 valence electrons. The van der Waals surface area contributed by atoms with Gasteiger partial charge in [-0.3, -0.25) is 9.59 Å². The Morgan fingerprint density at radius 2 is 1.79 bits per heavy atom. The zero-order chi connectivity index (χ0) is 34.2. The number of allylic oxidation sites excluding steroid dienone is 2. The van der Waals surface area contributed by atoms with Crippen LogP contribution in [0.1, 0.15) is 88.8 Å². The third-order valence-corrected chi connectivity index (χ3v) is 8.91. The van der Waals surface area contributed by atoms with Crippen LogP contribution in [-0.4, -0.2) is 61.8 Å². The van der Waals surface area contributed by atoms with Gasteiger partial charge in [0, 0.05) is 25.1 Å². The molecule has 1 unspecified atom stereocenters. The Hall–Kier alpha value is -3.85. The second-order valence-corrected chi connectivity index (χ2v) is 13.0. The van der Waals surface area contributed by atoms with E-state index in [4.69, 9.17) is 14.2 Å². The number of benzene rings is 2. The fourth-order valence-electron chi connectivity index (χ4n) is 6.43. The number of nitrogens with one attached hydrogen (secondary N) is 2. The van der Waals surface area contributed by atoms with Gasteiger partial charge in [-0.1, -0.05) is 57.2 Å². The second-order valence-electron chi connectivity index (χ2n) is 13.0. The van der Waals surface area contributed by atoms with Crippen LogP contribution >= 0.6 is 0 Å². The van der Waals surface area contributed by atoms with Crippen LogP contribution in [0.15, 0.2) is 48.6 Å². The minimum Gasteiger partial charge on any atom is -0.493 e. The number of ether oxygens (including phenoxy) is 3. The molecule has 2 amide bonds. The minimum atomic E-state index is -0.823. The average molecular weight is 651 g/mol. The third kappa shape index (κ3) is 11.7. The first-order chi connectivity index (χ1) is 22.6. The number of unbranched alkanes of at least 4 members (excludes halogenated alkanes) is 2. The van der Waals surface area contributed by atoms with Gasteiger partial charge in [-0.25, -0.2) is 4.79 Å². The van der Waals surface area contributed by atoms with Crippen molar-refractivity contribution in [3.05, 3.63) is 65.2 Å². The molecule has 0 aliphatic carbocycles. The van der Waals surface area contributed by atoms with Gasteiger partial charge in [0.25, 0.3) is 5.91 Å². The summed E-state index contributed by atoms with van der Waals surface area (Å²) in [4.78, 5) is 38.8. The molecule has 1 heterocycles. The van der Waals surface area contributed by atoms with Crippen LogP contribution < -0.4 is 20.1 Å². The monoisotopic (exact) mass is 650 g/mol. The summed E-state index contributed by atoms with van der Waals surface area (Å²) in [6, 6.07) is 11.0. The van der Waals surface area contributed by atoms with Crippen molar-refractivity contribution < 1.29 is 33.1 Å². The number of carbonyl (C=O) groups excluding carboxylic acids is 3. The summed E-state index contributed by atoms with van der Waals surface area (Å²) in [7, 11) is 1.50. The molecule has 1 saturated heterocycles. The van der Waals surface area contributed by atoms with Gasteiger partial charge in [0.15, 0.2) is 17.5 Å².